The second-order valence-corrected chi connectivity index (χ2v) is 3.45. The molecule has 0 atom stereocenters. The van der Waals surface area contributed by atoms with Crippen molar-refractivity contribution in [1.82, 2.24) is 5.32 Å². The SMILES string of the molecule is CCCCNCC#CC#Cc1ccccc1. The second kappa shape index (κ2) is 8.60. The third kappa shape index (κ3) is 5.91. The smallest absolute Gasteiger partial charge is 0.0586 e. The molecule has 0 amide bonds. The maximum absolute atomic E-state index is 3.24. The summed E-state index contributed by atoms with van der Waals surface area (Å²) in [6, 6.07) is 9.89. The van der Waals surface area contributed by atoms with E-state index in [-0.39, 0.29) is 0 Å². The Kier molecular flexibility index (Phi) is 6.65. The summed E-state index contributed by atoms with van der Waals surface area (Å²) in [6.07, 6.45) is 2.42. The molecule has 1 rings (SSSR count). The Labute approximate surface area is 98.3 Å². The number of nitrogens with one attached hydrogen (secondary N) is 1. The minimum Gasteiger partial charge on any atom is -0.306 e. The van der Waals surface area contributed by atoms with Crippen LogP contribution in [0.5, 0.6) is 0 Å². The Bertz CT molecular complexity index is 398. The minimum atomic E-state index is 0.726. The average molecular weight is 211 g/mol. The number of hydrogen-bond acceptors (Lipinski definition) is 1. The monoisotopic (exact) mass is 211 g/mol. The average Bonchev–Trinajstić information content (AvgIpc) is 2.34. The lowest BCUT2D eigenvalue weighted by Crippen LogP contribution is -2.14. The fraction of sp³-hybridized carbons (Fsp3) is 0.333. The van der Waals surface area contributed by atoms with Gasteiger partial charge in [-0.25, -0.2) is 0 Å². The van der Waals surface area contributed by atoms with Gasteiger partial charge in [0.2, 0.25) is 0 Å². The van der Waals surface area contributed by atoms with Crippen LogP contribution in [0.4, 0.5) is 0 Å². The minimum absolute atomic E-state index is 0.726. The summed E-state index contributed by atoms with van der Waals surface area (Å²) < 4.78 is 0. The van der Waals surface area contributed by atoms with Crippen LogP contribution in [0.1, 0.15) is 25.3 Å². The van der Waals surface area contributed by atoms with Gasteiger partial charge in [-0.2, -0.15) is 0 Å². The van der Waals surface area contributed by atoms with E-state index < -0.39 is 0 Å². The molecule has 0 saturated heterocycles. The van der Waals surface area contributed by atoms with Crippen molar-refractivity contribution < 1.29 is 0 Å². The largest absolute Gasteiger partial charge is 0.306 e. The van der Waals surface area contributed by atoms with E-state index in [0.717, 1.165) is 18.7 Å². The van der Waals surface area contributed by atoms with Crippen LogP contribution in [0, 0.1) is 23.7 Å². The Morgan fingerprint density at radius 2 is 1.94 bits per heavy atom. The molecule has 0 bridgehead atoms. The van der Waals surface area contributed by atoms with E-state index in [1.54, 1.807) is 0 Å². The number of benzene rings is 1. The Balaban J connectivity index is 2.24. The highest BCUT2D eigenvalue weighted by Crippen LogP contribution is 1.93. The molecule has 0 unspecified atom stereocenters. The fourth-order valence-electron chi connectivity index (χ4n) is 1.17. The first kappa shape index (κ1) is 12.4. The molecule has 0 saturated carbocycles. The summed E-state index contributed by atoms with van der Waals surface area (Å²) in [4.78, 5) is 0. The molecule has 1 N–H and O–H groups in total. The molecule has 16 heavy (non-hydrogen) atoms. The van der Waals surface area contributed by atoms with Gasteiger partial charge < -0.3 is 5.32 Å². The molecule has 1 aromatic rings. The molecule has 0 fully saturated rings. The molecule has 0 aliphatic rings. The van der Waals surface area contributed by atoms with E-state index in [0.29, 0.717) is 0 Å². The van der Waals surface area contributed by atoms with Crippen LogP contribution < -0.4 is 5.32 Å². The van der Waals surface area contributed by atoms with Crippen LogP contribution >= 0.6 is 0 Å². The molecule has 0 spiro atoms. The van der Waals surface area contributed by atoms with Crippen LogP contribution in [-0.4, -0.2) is 13.1 Å². The van der Waals surface area contributed by atoms with Crippen molar-refractivity contribution in [3.05, 3.63) is 35.9 Å². The second-order valence-electron chi connectivity index (χ2n) is 3.45. The van der Waals surface area contributed by atoms with Crippen molar-refractivity contribution in [2.75, 3.05) is 13.1 Å². The van der Waals surface area contributed by atoms with E-state index in [9.17, 15) is 0 Å². The summed E-state index contributed by atoms with van der Waals surface area (Å²) in [5.74, 6) is 11.7. The Morgan fingerprint density at radius 1 is 1.12 bits per heavy atom. The van der Waals surface area contributed by atoms with Gasteiger partial charge in [0.1, 0.15) is 0 Å². The lowest BCUT2D eigenvalue weighted by Gasteiger charge is -1.95. The topological polar surface area (TPSA) is 12.0 Å². The number of hydrogen-bond donors (Lipinski definition) is 1. The summed E-state index contributed by atoms with van der Waals surface area (Å²) in [7, 11) is 0. The standard InChI is InChI=1S/C15H17N/c1-2-3-13-16-14-9-5-8-12-15-10-6-4-7-11-15/h4,6-7,10-11,16H,2-3,13-14H2,1H3. The van der Waals surface area contributed by atoms with Crippen molar-refractivity contribution in [3.8, 4) is 23.7 Å². The fourth-order valence-corrected chi connectivity index (χ4v) is 1.17. The van der Waals surface area contributed by atoms with Crippen molar-refractivity contribution in [2.45, 2.75) is 19.8 Å². The third-order valence-corrected chi connectivity index (χ3v) is 2.05. The van der Waals surface area contributed by atoms with Crippen molar-refractivity contribution in [1.29, 1.82) is 0 Å². The van der Waals surface area contributed by atoms with E-state index in [2.05, 4.69) is 35.9 Å². The third-order valence-electron chi connectivity index (χ3n) is 2.05. The summed E-state index contributed by atoms with van der Waals surface area (Å²) in [6.45, 7) is 3.94. The molecular weight excluding hydrogens is 194 g/mol. The highest BCUT2D eigenvalue weighted by atomic mass is 14.8. The van der Waals surface area contributed by atoms with Crippen molar-refractivity contribution in [3.63, 3.8) is 0 Å². The van der Waals surface area contributed by atoms with Gasteiger partial charge in [-0.1, -0.05) is 43.4 Å². The van der Waals surface area contributed by atoms with Gasteiger partial charge in [0.25, 0.3) is 0 Å². The zero-order valence-corrected chi connectivity index (χ0v) is 9.72. The van der Waals surface area contributed by atoms with Crippen molar-refractivity contribution >= 4 is 0 Å². The maximum atomic E-state index is 3.24. The summed E-state index contributed by atoms with van der Waals surface area (Å²) in [5.41, 5.74) is 1.01. The molecule has 0 aliphatic carbocycles. The first-order valence-corrected chi connectivity index (χ1v) is 5.68. The van der Waals surface area contributed by atoms with Gasteiger partial charge in [-0.3, -0.25) is 0 Å². The Hall–Kier alpha value is -1.70. The van der Waals surface area contributed by atoms with E-state index in [4.69, 9.17) is 0 Å². The number of rotatable bonds is 4. The van der Waals surface area contributed by atoms with E-state index in [1.807, 2.05) is 30.3 Å². The molecular formula is C15H17N. The lowest BCUT2D eigenvalue weighted by atomic mass is 10.2. The van der Waals surface area contributed by atoms with E-state index in [1.165, 1.54) is 12.8 Å². The lowest BCUT2D eigenvalue weighted by molar-refractivity contribution is 0.687. The first-order chi connectivity index (χ1) is 7.93. The van der Waals surface area contributed by atoms with Crippen LogP contribution in [0.25, 0.3) is 0 Å². The molecule has 1 nitrogen and oxygen atoms in total. The molecule has 0 radical (unpaired) electrons. The zero-order valence-electron chi connectivity index (χ0n) is 9.72. The summed E-state index contributed by atoms with van der Waals surface area (Å²) >= 11 is 0. The quantitative estimate of drug-likeness (QED) is 0.596. The van der Waals surface area contributed by atoms with E-state index >= 15 is 0 Å². The molecule has 0 heterocycles. The first-order valence-electron chi connectivity index (χ1n) is 5.68. The molecule has 82 valence electrons. The van der Waals surface area contributed by atoms with Crippen LogP contribution in [0.3, 0.4) is 0 Å². The molecule has 1 aromatic carbocycles. The van der Waals surface area contributed by atoms with Crippen molar-refractivity contribution in [2.24, 2.45) is 0 Å². The normalized spacial score (nSPS) is 8.56. The predicted molar refractivity (Wildman–Crippen MR) is 68.9 cm³/mol. The van der Waals surface area contributed by atoms with Gasteiger partial charge in [0.05, 0.1) is 6.54 Å². The summed E-state index contributed by atoms with van der Waals surface area (Å²) in [5, 5.41) is 3.24. The molecule has 0 aromatic heterocycles. The highest BCUT2D eigenvalue weighted by molar-refractivity contribution is 5.39. The number of unbranched alkanes of at least 4 members (excludes halogenated alkanes) is 1. The van der Waals surface area contributed by atoms with Gasteiger partial charge in [0, 0.05) is 5.56 Å². The predicted octanol–water partition coefficient (Wildman–Crippen LogP) is 2.43. The highest BCUT2D eigenvalue weighted by Gasteiger charge is 1.81. The van der Waals surface area contributed by atoms with Gasteiger partial charge in [-0.05, 0) is 36.9 Å². The zero-order chi connectivity index (χ0) is 11.5. The van der Waals surface area contributed by atoms with Gasteiger partial charge in [0.15, 0.2) is 0 Å². The van der Waals surface area contributed by atoms with Crippen LogP contribution in [0.15, 0.2) is 30.3 Å². The van der Waals surface area contributed by atoms with Gasteiger partial charge >= 0.3 is 0 Å². The Morgan fingerprint density at radius 3 is 2.69 bits per heavy atom. The molecule has 0 aliphatic heterocycles. The maximum Gasteiger partial charge on any atom is 0.0586 e. The van der Waals surface area contributed by atoms with Gasteiger partial charge in [-0.15, -0.1) is 0 Å². The van der Waals surface area contributed by atoms with Crippen LogP contribution in [-0.2, 0) is 0 Å². The molecule has 1 heteroatoms. The van der Waals surface area contributed by atoms with Crippen LogP contribution in [0.2, 0.25) is 0 Å².